The van der Waals surface area contributed by atoms with Crippen molar-refractivity contribution >= 4 is 46.5 Å². The van der Waals surface area contributed by atoms with Crippen molar-refractivity contribution < 1.29 is 9.59 Å². The van der Waals surface area contributed by atoms with E-state index in [1.807, 2.05) is 36.4 Å². The molecule has 0 aliphatic heterocycles. The lowest BCUT2D eigenvalue weighted by atomic mass is 10.1. The van der Waals surface area contributed by atoms with Gasteiger partial charge in [-0.1, -0.05) is 23.7 Å². The Morgan fingerprint density at radius 3 is 2.33 bits per heavy atom. The van der Waals surface area contributed by atoms with Gasteiger partial charge in [0, 0.05) is 21.2 Å². The minimum atomic E-state index is -0.376. The van der Waals surface area contributed by atoms with Crippen LogP contribution in [0.2, 0.25) is 5.02 Å². The number of hydrogen-bond acceptors (Lipinski definition) is 5. The summed E-state index contributed by atoms with van der Waals surface area (Å²) in [5, 5.41) is 0.715. The number of thioether (sulfide) groups is 1. The summed E-state index contributed by atoms with van der Waals surface area (Å²) < 4.78 is 0. The van der Waals surface area contributed by atoms with Crippen LogP contribution in [0, 0.1) is 6.92 Å². The Morgan fingerprint density at radius 2 is 1.70 bits per heavy atom. The summed E-state index contributed by atoms with van der Waals surface area (Å²) in [5.74, 6) is 0.0343. The fourth-order valence-electron chi connectivity index (χ4n) is 2.21. The second kappa shape index (κ2) is 9.03. The van der Waals surface area contributed by atoms with Gasteiger partial charge in [0.25, 0.3) is 11.8 Å². The highest BCUT2D eigenvalue weighted by Crippen LogP contribution is 2.24. The van der Waals surface area contributed by atoms with Crippen molar-refractivity contribution in [1.82, 2.24) is 15.8 Å². The standard InChI is InChI=1S/C19H16ClN3O2S2/c1-12-17(27-11-21-12)19(25)23-22-18(24)14-4-2-13(3-5-14)10-26-16-8-6-15(20)7-9-16/h2-9,11H,10H2,1H3,(H,22,24)(H,23,25). The van der Waals surface area contributed by atoms with Crippen LogP contribution in [-0.2, 0) is 5.75 Å². The number of benzene rings is 2. The first-order valence-corrected chi connectivity index (χ1v) is 10.3. The highest BCUT2D eigenvalue weighted by Gasteiger charge is 2.13. The molecule has 0 aliphatic carbocycles. The summed E-state index contributed by atoms with van der Waals surface area (Å²) in [6.07, 6.45) is 0. The van der Waals surface area contributed by atoms with Crippen LogP contribution < -0.4 is 10.9 Å². The SMILES string of the molecule is Cc1ncsc1C(=O)NNC(=O)c1ccc(CSc2ccc(Cl)cc2)cc1. The van der Waals surface area contributed by atoms with Gasteiger partial charge in [0.05, 0.1) is 11.2 Å². The number of halogens is 1. The monoisotopic (exact) mass is 417 g/mol. The molecule has 0 spiro atoms. The molecule has 0 atom stereocenters. The summed E-state index contributed by atoms with van der Waals surface area (Å²) in [6, 6.07) is 14.9. The van der Waals surface area contributed by atoms with Gasteiger partial charge < -0.3 is 0 Å². The van der Waals surface area contributed by atoms with Crippen LogP contribution in [0.25, 0.3) is 0 Å². The smallest absolute Gasteiger partial charge is 0.267 e. The Morgan fingerprint density at radius 1 is 1.04 bits per heavy atom. The molecule has 0 saturated heterocycles. The Kier molecular flexibility index (Phi) is 6.49. The molecule has 2 aromatic carbocycles. The van der Waals surface area contributed by atoms with E-state index in [9.17, 15) is 9.59 Å². The van der Waals surface area contributed by atoms with E-state index in [4.69, 9.17) is 11.6 Å². The molecule has 1 aromatic heterocycles. The van der Waals surface area contributed by atoms with Gasteiger partial charge >= 0.3 is 0 Å². The highest BCUT2D eigenvalue weighted by molar-refractivity contribution is 7.98. The molecule has 0 saturated carbocycles. The minimum Gasteiger partial charge on any atom is -0.267 e. The van der Waals surface area contributed by atoms with E-state index in [0.29, 0.717) is 21.2 Å². The molecule has 0 unspecified atom stereocenters. The molecule has 1 heterocycles. The maximum absolute atomic E-state index is 12.2. The molecule has 0 fully saturated rings. The van der Waals surface area contributed by atoms with Crippen molar-refractivity contribution in [2.45, 2.75) is 17.6 Å². The van der Waals surface area contributed by atoms with E-state index < -0.39 is 0 Å². The van der Waals surface area contributed by atoms with Crippen molar-refractivity contribution in [1.29, 1.82) is 0 Å². The highest BCUT2D eigenvalue weighted by atomic mass is 35.5. The zero-order valence-electron chi connectivity index (χ0n) is 14.4. The second-order valence-electron chi connectivity index (χ2n) is 5.61. The van der Waals surface area contributed by atoms with Gasteiger partial charge in [-0.05, 0) is 48.9 Å². The number of aryl methyl sites for hydroxylation is 1. The summed E-state index contributed by atoms with van der Waals surface area (Å²) in [6.45, 7) is 1.74. The van der Waals surface area contributed by atoms with Gasteiger partial charge in [0.2, 0.25) is 0 Å². The Hall–Kier alpha value is -2.35. The number of hydrogen-bond donors (Lipinski definition) is 2. The first kappa shape index (κ1) is 19.4. The predicted octanol–water partition coefficient (Wildman–Crippen LogP) is 4.47. The van der Waals surface area contributed by atoms with Gasteiger partial charge in [-0.25, -0.2) is 4.98 Å². The number of thiazole rings is 1. The molecule has 8 heteroatoms. The van der Waals surface area contributed by atoms with Crippen molar-refractivity contribution in [3.05, 3.63) is 80.8 Å². The topological polar surface area (TPSA) is 71.1 Å². The van der Waals surface area contributed by atoms with Crippen LogP contribution >= 0.6 is 34.7 Å². The number of amides is 2. The van der Waals surface area contributed by atoms with Crippen LogP contribution in [0.3, 0.4) is 0 Å². The summed E-state index contributed by atoms with van der Waals surface area (Å²) in [7, 11) is 0. The van der Waals surface area contributed by atoms with Crippen molar-refractivity contribution in [2.75, 3.05) is 0 Å². The van der Waals surface area contributed by atoms with Crippen molar-refractivity contribution in [3.63, 3.8) is 0 Å². The predicted molar refractivity (Wildman–Crippen MR) is 109 cm³/mol. The van der Waals surface area contributed by atoms with Gasteiger partial charge in [-0.15, -0.1) is 23.1 Å². The Labute approximate surface area is 170 Å². The van der Waals surface area contributed by atoms with Crippen LogP contribution in [-0.4, -0.2) is 16.8 Å². The second-order valence-corrected chi connectivity index (χ2v) is 7.95. The molecule has 2 amide bonds. The van der Waals surface area contributed by atoms with Crippen LogP contribution in [0.15, 0.2) is 58.9 Å². The average molecular weight is 418 g/mol. The maximum atomic E-state index is 12.2. The Balaban J connectivity index is 1.51. The fraction of sp³-hybridized carbons (Fsp3) is 0.105. The summed E-state index contributed by atoms with van der Waals surface area (Å²) in [4.78, 5) is 29.8. The van der Waals surface area contributed by atoms with Gasteiger partial charge in [-0.3, -0.25) is 20.4 Å². The minimum absolute atomic E-state index is 0.373. The molecule has 3 aromatic rings. The average Bonchev–Trinajstić information content (AvgIpc) is 3.12. The zero-order valence-corrected chi connectivity index (χ0v) is 16.8. The fourth-order valence-corrected chi connectivity index (χ4v) is 3.89. The summed E-state index contributed by atoms with van der Waals surface area (Å²) >= 11 is 8.80. The maximum Gasteiger partial charge on any atom is 0.281 e. The molecule has 27 heavy (non-hydrogen) atoms. The first-order valence-electron chi connectivity index (χ1n) is 8.01. The van der Waals surface area contributed by atoms with E-state index in [2.05, 4.69) is 15.8 Å². The molecular weight excluding hydrogens is 402 g/mol. The molecule has 3 rings (SSSR count). The van der Waals surface area contributed by atoms with E-state index in [-0.39, 0.29) is 11.8 Å². The Bertz CT molecular complexity index is 940. The number of rotatable bonds is 5. The third-order valence-corrected chi connectivity index (χ3v) is 5.94. The molecule has 2 N–H and O–H groups in total. The van der Waals surface area contributed by atoms with Gasteiger partial charge in [0.15, 0.2) is 0 Å². The van der Waals surface area contributed by atoms with E-state index in [0.717, 1.165) is 16.2 Å². The summed E-state index contributed by atoms with van der Waals surface area (Å²) in [5.41, 5.74) is 8.61. The first-order chi connectivity index (χ1) is 13.0. The zero-order chi connectivity index (χ0) is 19.2. The number of carbonyl (C=O) groups excluding carboxylic acids is 2. The van der Waals surface area contributed by atoms with Crippen LogP contribution in [0.5, 0.6) is 0 Å². The lowest BCUT2D eigenvalue weighted by Crippen LogP contribution is -2.41. The lowest BCUT2D eigenvalue weighted by molar-refractivity contribution is 0.0848. The quantitative estimate of drug-likeness (QED) is 0.474. The van der Waals surface area contributed by atoms with E-state index >= 15 is 0 Å². The third-order valence-electron chi connectivity index (χ3n) is 3.68. The number of aromatic nitrogens is 1. The molecule has 5 nitrogen and oxygen atoms in total. The van der Waals surface area contributed by atoms with Gasteiger partial charge in [-0.2, -0.15) is 0 Å². The van der Waals surface area contributed by atoms with Crippen LogP contribution in [0.4, 0.5) is 0 Å². The molecule has 138 valence electrons. The number of hydrazine groups is 1. The van der Waals surface area contributed by atoms with E-state index in [1.165, 1.54) is 11.3 Å². The molecule has 0 aliphatic rings. The van der Waals surface area contributed by atoms with E-state index in [1.54, 1.807) is 36.3 Å². The number of nitrogens with zero attached hydrogens (tertiary/aromatic N) is 1. The lowest BCUT2D eigenvalue weighted by Gasteiger charge is -2.08. The molecule has 0 bridgehead atoms. The molecule has 0 radical (unpaired) electrons. The van der Waals surface area contributed by atoms with Crippen molar-refractivity contribution in [2.24, 2.45) is 0 Å². The normalized spacial score (nSPS) is 10.4. The molecular formula is C19H16ClN3O2S2. The van der Waals surface area contributed by atoms with Crippen molar-refractivity contribution in [3.8, 4) is 0 Å². The number of carbonyl (C=O) groups is 2. The van der Waals surface area contributed by atoms with Crippen LogP contribution in [0.1, 0.15) is 31.3 Å². The third kappa shape index (κ3) is 5.32. The largest absolute Gasteiger partial charge is 0.281 e. The van der Waals surface area contributed by atoms with Gasteiger partial charge in [0.1, 0.15) is 4.88 Å². The number of nitrogens with one attached hydrogen (secondary N) is 2.